The molecule has 164 valence electrons. The molecule has 0 fully saturated rings. The van der Waals surface area contributed by atoms with E-state index in [9.17, 15) is 9.59 Å². The molecule has 32 heavy (non-hydrogen) atoms. The SMILES string of the molecule is CC(C)Cn1c(=O)n(C)c(=O)c2c(Nc3ccccc3)[nH]nc21.S=C=Nc1ccccc1. The quantitative estimate of drug-likeness (QED) is 0.352. The van der Waals surface area contributed by atoms with Gasteiger partial charge in [0.1, 0.15) is 11.2 Å². The van der Waals surface area contributed by atoms with Crippen LogP contribution in [0.2, 0.25) is 0 Å². The third-order valence-electron chi connectivity index (χ3n) is 4.56. The number of aromatic nitrogens is 4. The predicted octanol–water partition coefficient (Wildman–Crippen LogP) is 4.24. The van der Waals surface area contributed by atoms with E-state index in [1.807, 2.05) is 74.5 Å². The van der Waals surface area contributed by atoms with Crippen molar-refractivity contribution in [1.29, 1.82) is 0 Å². The number of thiocarbonyl (C=S) groups is 1. The lowest BCUT2D eigenvalue weighted by atomic mass is 10.2. The largest absolute Gasteiger partial charge is 0.340 e. The van der Waals surface area contributed by atoms with Crippen LogP contribution in [0.5, 0.6) is 0 Å². The maximum absolute atomic E-state index is 12.5. The standard InChI is InChI=1S/C16H19N5O2.C7H5NS/c1-10(2)9-21-14-12(15(22)20(3)16(21)23)13(18-19-14)17-11-7-5-4-6-8-11;9-6-8-7-4-2-1-3-5-7/h4-8,10H,9H2,1-3H3,(H2,17,18,19);1-5H. The smallest absolute Gasteiger partial charge is 0.332 e. The Labute approximate surface area is 190 Å². The topological polar surface area (TPSA) is 97.1 Å². The number of anilines is 2. The van der Waals surface area contributed by atoms with E-state index in [1.54, 1.807) is 0 Å². The average molecular weight is 449 g/mol. The molecular formula is C23H24N6O2S. The lowest BCUT2D eigenvalue weighted by Gasteiger charge is -2.11. The number of nitrogens with one attached hydrogen (secondary N) is 2. The Morgan fingerprint density at radius 3 is 2.31 bits per heavy atom. The third-order valence-corrected chi connectivity index (χ3v) is 4.65. The van der Waals surface area contributed by atoms with Crippen LogP contribution in [-0.4, -0.2) is 24.5 Å². The molecule has 2 N–H and O–H groups in total. The highest BCUT2D eigenvalue weighted by Gasteiger charge is 2.18. The van der Waals surface area contributed by atoms with Gasteiger partial charge in [0.25, 0.3) is 5.56 Å². The maximum Gasteiger partial charge on any atom is 0.332 e. The molecule has 0 radical (unpaired) electrons. The molecule has 0 amide bonds. The number of H-pyrrole nitrogens is 1. The number of hydrogen-bond acceptors (Lipinski definition) is 6. The molecule has 0 aliphatic carbocycles. The average Bonchev–Trinajstić information content (AvgIpc) is 3.20. The Kier molecular flexibility index (Phi) is 7.49. The summed E-state index contributed by atoms with van der Waals surface area (Å²) in [4.78, 5) is 28.6. The first-order chi connectivity index (χ1) is 15.4. The van der Waals surface area contributed by atoms with E-state index in [4.69, 9.17) is 0 Å². The molecule has 4 aromatic rings. The molecule has 2 aromatic carbocycles. The van der Waals surface area contributed by atoms with Crippen molar-refractivity contribution in [2.24, 2.45) is 18.0 Å². The minimum absolute atomic E-state index is 0.260. The number of hydrogen-bond donors (Lipinski definition) is 2. The molecule has 0 unspecified atom stereocenters. The first kappa shape index (κ1) is 22.9. The summed E-state index contributed by atoms with van der Waals surface area (Å²) in [6, 6.07) is 19.0. The maximum atomic E-state index is 12.5. The van der Waals surface area contributed by atoms with E-state index in [0.29, 0.717) is 23.4 Å². The van der Waals surface area contributed by atoms with Gasteiger partial charge >= 0.3 is 5.69 Å². The minimum Gasteiger partial charge on any atom is -0.340 e. The lowest BCUT2D eigenvalue weighted by Crippen LogP contribution is -2.38. The first-order valence-corrected chi connectivity index (χ1v) is 10.5. The number of aromatic amines is 1. The van der Waals surface area contributed by atoms with Crippen LogP contribution in [-0.2, 0) is 13.6 Å². The summed E-state index contributed by atoms with van der Waals surface area (Å²) < 4.78 is 2.66. The fraction of sp³-hybridized carbons (Fsp3) is 0.217. The molecule has 0 saturated carbocycles. The van der Waals surface area contributed by atoms with E-state index in [2.05, 4.69) is 37.9 Å². The molecule has 0 atom stereocenters. The number of nitrogens with zero attached hydrogens (tertiary/aromatic N) is 4. The van der Waals surface area contributed by atoms with Crippen LogP contribution < -0.4 is 16.6 Å². The van der Waals surface area contributed by atoms with Crippen LogP contribution in [0.4, 0.5) is 17.2 Å². The van der Waals surface area contributed by atoms with Crippen LogP contribution in [0, 0.1) is 5.92 Å². The van der Waals surface area contributed by atoms with Crippen molar-refractivity contribution in [1.82, 2.24) is 19.3 Å². The normalized spacial score (nSPS) is 10.4. The fourth-order valence-electron chi connectivity index (χ4n) is 3.10. The molecule has 0 bridgehead atoms. The van der Waals surface area contributed by atoms with E-state index >= 15 is 0 Å². The van der Waals surface area contributed by atoms with Crippen LogP contribution >= 0.6 is 12.2 Å². The van der Waals surface area contributed by atoms with Crippen molar-refractivity contribution in [3.63, 3.8) is 0 Å². The molecule has 9 heteroatoms. The number of rotatable bonds is 5. The summed E-state index contributed by atoms with van der Waals surface area (Å²) in [6.07, 6.45) is 0. The van der Waals surface area contributed by atoms with Gasteiger partial charge in [-0.15, -0.1) is 0 Å². The molecule has 8 nitrogen and oxygen atoms in total. The van der Waals surface area contributed by atoms with Gasteiger partial charge in [0.15, 0.2) is 5.65 Å². The highest BCUT2D eigenvalue weighted by Crippen LogP contribution is 2.20. The van der Waals surface area contributed by atoms with Gasteiger partial charge in [-0.1, -0.05) is 50.2 Å². The van der Waals surface area contributed by atoms with E-state index in [1.165, 1.54) is 11.6 Å². The molecule has 0 spiro atoms. The Morgan fingerprint density at radius 2 is 1.72 bits per heavy atom. The number of isothiocyanates is 1. The predicted molar refractivity (Wildman–Crippen MR) is 131 cm³/mol. The van der Waals surface area contributed by atoms with Gasteiger partial charge in [0.05, 0.1) is 10.8 Å². The third kappa shape index (κ3) is 5.26. The van der Waals surface area contributed by atoms with Crippen molar-refractivity contribution in [3.05, 3.63) is 81.5 Å². The Morgan fingerprint density at radius 1 is 1.09 bits per heavy atom. The second-order valence-corrected chi connectivity index (χ2v) is 7.66. The molecule has 2 heterocycles. The highest BCUT2D eigenvalue weighted by atomic mass is 32.1. The van der Waals surface area contributed by atoms with Crippen LogP contribution in [0.1, 0.15) is 13.8 Å². The van der Waals surface area contributed by atoms with E-state index in [0.717, 1.165) is 15.9 Å². The van der Waals surface area contributed by atoms with Crippen molar-refractivity contribution >= 4 is 45.6 Å². The van der Waals surface area contributed by atoms with E-state index in [-0.39, 0.29) is 17.2 Å². The van der Waals surface area contributed by atoms with Gasteiger partial charge in [0, 0.05) is 19.3 Å². The summed E-state index contributed by atoms with van der Waals surface area (Å²) in [7, 11) is 1.49. The molecule has 0 aliphatic heterocycles. The van der Waals surface area contributed by atoms with Crippen molar-refractivity contribution in [3.8, 4) is 0 Å². The number of fused-ring (bicyclic) bond motifs is 1. The zero-order chi connectivity index (χ0) is 23.1. The van der Waals surface area contributed by atoms with Gasteiger partial charge in [-0.25, -0.2) is 4.79 Å². The summed E-state index contributed by atoms with van der Waals surface area (Å²) >= 11 is 4.42. The van der Waals surface area contributed by atoms with Gasteiger partial charge in [-0.2, -0.15) is 10.1 Å². The van der Waals surface area contributed by atoms with Gasteiger partial charge < -0.3 is 5.32 Å². The molecule has 4 rings (SSSR count). The van der Waals surface area contributed by atoms with Gasteiger partial charge in [-0.05, 0) is 42.4 Å². The summed E-state index contributed by atoms with van der Waals surface area (Å²) in [5.74, 6) is 0.750. The highest BCUT2D eigenvalue weighted by molar-refractivity contribution is 7.78. The molecule has 0 saturated heterocycles. The lowest BCUT2D eigenvalue weighted by molar-refractivity contribution is 0.499. The molecular weight excluding hydrogens is 424 g/mol. The van der Waals surface area contributed by atoms with Gasteiger partial charge in [0.2, 0.25) is 0 Å². The monoisotopic (exact) mass is 448 g/mol. The number of para-hydroxylation sites is 2. The van der Waals surface area contributed by atoms with Crippen LogP contribution in [0.3, 0.4) is 0 Å². The second-order valence-electron chi connectivity index (χ2n) is 7.48. The van der Waals surface area contributed by atoms with Crippen LogP contribution in [0.15, 0.2) is 75.2 Å². The molecule has 2 aromatic heterocycles. The second kappa shape index (κ2) is 10.5. The zero-order valence-electron chi connectivity index (χ0n) is 18.1. The Balaban J connectivity index is 0.000000269. The Hall–Kier alpha value is -3.81. The zero-order valence-corrected chi connectivity index (χ0v) is 18.9. The summed E-state index contributed by atoms with van der Waals surface area (Å²) in [5.41, 5.74) is 1.35. The van der Waals surface area contributed by atoms with Crippen molar-refractivity contribution < 1.29 is 0 Å². The summed E-state index contributed by atoms with van der Waals surface area (Å²) in [6.45, 7) is 4.53. The number of aliphatic imine (C=N–C) groups is 1. The van der Waals surface area contributed by atoms with Crippen LogP contribution in [0.25, 0.3) is 11.0 Å². The Bertz CT molecular complexity index is 1350. The van der Waals surface area contributed by atoms with Gasteiger partial charge in [-0.3, -0.25) is 19.0 Å². The minimum atomic E-state index is -0.364. The summed E-state index contributed by atoms with van der Waals surface area (Å²) in [5, 5.41) is 12.9. The fourth-order valence-corrected chi connectivity index (χ4v) is 3.20. The van der Waals surface area contributed by atoms with Crippen molar-refractivity contribution in [2.75, 3.05) is 5.32 Å². The first-order valence-electron chi connectivity index (χ1n) is 10.0. The van der Waals surface area contributed by atoms with E-state index < -0.39 is 0 Å². The number of benzene rings is 2. The van der Waals surface area contributed by atoms with Crippen molar-refractivity contribution in [2.45, 2.75) is 20.4 Å². The molecule has 0 aliphatic rings.